The van der Waals surface area contributed by atoms with Crippen LogP contribution in [0.5, 0.6) is 0 Å². The second-order valence-corrected chi connectivity index (χ2v) is 6.61. The van der Waals surface area contributed by atoms with E-state index in [0.717, 1.165) is 30.9 Å². The fourth-order valence-corrected chi connectivity index (χ4v) is 4.37. The molecule has 0 bridgehead atoms. The maximum atomic E-state index is 5.69. The third-order valence-electron chi connectivity index (χ3n) is 3.94. The number of furan rings is 1. The third-order valence-corrected chi connectivity index (χ3v) is 5.12. The number of aryl methyl sites for hydroxylation is 1. The maximum Gasteiger partial charge on any atom is 0.168 e. The number of benzene rings is 1. The van der Waals surface area contributed by atoms with Crippen molar-refractivity contribution < 1.29 is 4.42 Å². The van der Waals surface area contributed by atoms with Gasteiger partial charge in [0.2, 0.25) is 0 Å². The summed E-state index contributed by atoms with van der Waals surface area (Å²) in [6, 6.07) is 8.63. The zero-order chi connectivity index (χ0) is 14.4. The monoisotopic (exact) mass is 298 g/mol. The predicted molar refractivity (Wildman–Crippen MR) is 89.4 cm³/mol. The minimum Gasteiger partial charge on any atom is -0.461 e. The average Bonchev–Trinajstić information content (AvgIpc) is 3.10. The summed E-state index contributed by atoms with van der Waals surface area (Å²) in [6.07, 6.45) is 2.29. The number of nitrogens with zero attached hydrogens (tertiary/aromatic N) is 2. The van der Waals surface area contributed by atoms with Crippen LogP contribution in [0.25, 0.3) is 16.7 Å². The zero-order valence-corrected chi connectivity index (χ0v) is 13.2. The molecule has 0 N–H and O–H groups in total. The number of hydrogen-bond acceptors (Lipinski definition) is 4. The number of thioether (sulfide) groups is 1. The summed E-state index contributed by atoms with van der Waals surface area (Å²) in [5.41, 5.74) is 3.61. The third kappa shape index (κ3) is 2.09. The van der Waals surface area contributed by atoms with E-state index in [1.54, 1.807) is 0 Å². The fraction of sp³-hybridized carbons (Fsp3) is 0.353. The van der Waals surface area contributed by atoms with Crippen LogP contribution < -0.4 is 0 Å². The SMILES string of the molecule is CCCC1=C(c2ccc3oc(C)cc3c2)N2CCN=C2S1. The molecule has 1 aromatic heterocycles. The molecule has 3 heterocycles. The lowest BCUT2D eigenvalue weighted by molar-refractivity contribution is 0.578. The van der Waals surface area contributed by atoms with Crippen molar-refractivity contribution in [3.8, 4) is 0 Å². The quantitative estimate of drug-likeness (QED) is 0.827. The Bertz CT molecular complexity index is 772. The van der Waals surface area contributed by atoms with Crippen LogP contribution in [0.4, 0.5) is 0 Å². The number of amidine groups is 1. The van der Waals surface area contributed by atoms with Crippen LogP contribution in [0, 0.1) is 6.92 Å². The van der Waals surface area contributed by atoms with E-state index in [2.05, 4.69) is 41.1 Å². The van der Waals surface area contributed by atoms with Crippen molar-refractivity contribution in [2.75, 3.05) is 13.1 Å². The highest BCUT2D eigenvalue weighted by Crippen LogP contribution is 2.44. The van der Waals surface area contributed by atoms with E-state index >= 15 is 0 Å². The molecule has 0 spiro atoms. The molecule has 4 rings (SSSR count). The van der Waals surface area contributed by atoms with E-state index in [1.807, 2.05) is 18.7 Å². The second-order valence-electron chi connectivity index (χ2n) is 5.55. The molecule has 0 fully saturated rings. The highest BCUT2D eigenvalue weighted by Gasteiger charge is 2.32. The highest BCUT2D eigenvalue weighted by molar-refractivity contribution is 8.17. The molecule has 0 radical (unpaired) electrons. The molecule has 0 atom stereocenters. The topological polar surface area (TPSA) is 28.7 Å². The maximum absolute atomic E-state index is 5.69. The van der Waals surface area contributed by atoms with Gasteiger partial charge in [-0.25, -0.2) is 0 Å². The highest BCUT2D eigenvalue weighted by atomic mass is 32.2. The normalized spacial score (nSPS) is 17.8. The van der Waals surface area contributed by atoms with Gasteiger partial charge in [-0.3, -0.25) is 4.99 Å². The Kier molecular flexibility index (Phi) is 3.07. The first-order chi connectivity index (χ1) is 10.3. The molecular weight excluding hydrogens is 280 g/mol. The van der Waals surface area contributed by atoms with Gasteiger partial charge in [-0.2, -0.15) is 0 Å². The van der Waals surface area contributed by atoms with Gasteiger partial charge in [0.05, 0.1) is 12.2 Å². The standard InChI is InChI=1S/C17H18N2OS/c1-3-4-15-16(19-8-7-18-17(19)21-15)12-5-6-14-13(10-12)9-11(2)20-14/h5-6,9-10H,3-4,7-8H2,1-2H3. The lowest BCUT2D eigenvalue weighted by Gasteiger charge is -2.17. The molecule has 0 saturated carbocycles. The first kappa shape index (κ1) is 13.0. The molecule has 108 valence electrons. The summed E-state index contributed by atoms with van der Waals surface area (Å²) in [7, 11) is 0. The molecule has 2 aliphatic rings. The van der Waals surface area contributed by atoms with E-state index < -0.39 is 0 Å². The van der Waals surface area contributed by atoms with Gasteiger partial charge in [-0.1, -0.05) is 25.1 Å². The van der Waals surface area contributed by atoms with Crippen molar-refractivity contribution in [3.63, 3.8) is 0 Å². The van der Waals surface area contributed by atoms with Gasteiger partial charge in [0.15, 0.2) is 5.17 Å². The molecule has 0 amide bonds. The van der Waals surface area contributed by atoms with Crippen molar-refractivity contribution in [1.82, 2.24) is 4.90 Å². The Hall–Kier alpha value is -1.68. The van der Waals surface area contributed by atoms with E-state index in [-0.39, 0.29) is 0 Å². The number of hydrogen-bond donors (Lipinski definition) is 0. The van der Waals surface area contributed by atoms with E-state index in [1.165, 1.54) is 33.1 Å². The van der Waals surface area contributed by atoms with Gasteiger partial charge >= 0.3 is 0 Å². The molecule has 21 heavy (non-hydrogen) atoms. The molecule has 4 heteroatoms. The molecule has 0 aliphatic carbocycles. The van der Waals surface area contributed by atoms with Crippen LogP contribution in [-0.4, -0.2) is 23.2 Å². The minimum absolute atomic E-state index is 0.915. The number of allylic oxidation sites excluding steroid dienone is 1. The number of rotatable bonds is 3. The van der Waals surface area contributed by atoms with Gasteiger partial charge < -0.3 is 9.32 Å². The smallest absolute Gasteiger partial charge is 0.168 e. The Morgan fingerprint density at radius 2 is 2.24 bits per heavy atom. The molecular formula is C17H18N2OS. The van der Waals surface area contributed by atoms with Gasteiger partial charge in [0.1, 0.15) is 11.3 Å². The summed E-state index contributed by atoms with van der Waals surface area (Å²) >= 11 is 1.85. The molecule has 0 saturated heterocycles. The summed E-state index contributed by atoms with van der Waals surface area (Å²) in [6.45, 7) is 6.16. The Morgan fingerprint density at radius 3 is 3.10 bits per heavy atom. The van der Waals surface area contributed by atoms with E-state index in [9.17, 15) is 0 Å². The van der Waals surface area contributed by atoms with E-state index in [0.29, 0.717) is 0 Å². The van der Waals surface area contributed by atoms with Crippen molar-refractivity contribution in [2.45, 2.75) is 26.7 Å². The minimum atomic E-state index is 0.915. The van der Waals surface area contributed by atoms with Crippen molar-refractivity contribution in [3.05, 3.63) is 40.5 Å². The first-order valence-electron chi connectivity index (χ1n) is 7.50. The average molecular weight is 298 g/mol. The Balaban J connectivity index is 1.83. The van der Waals surface area contributed by atoms with Crippen LogP contribution >= 0.6 is 11.8 Å². The summed E-state index contributed by atoms with van der Waals surface area (Å²) in [5, 5.41) is 2.36. The molecule has 1 aromatic carbocycles. The predicted octanol–water partition coefficient (Wildman–Crippen LogP) is 4.63. The van der Waals surface area contributed by atoms with Crippen LogP contribution in [0.3, 0.4) is 0 Å². The van der Waals surface area contributed by atoms with Crippen LogP contribution in [0.15, 0.2) is 38.6 Å². The Labute approximate surface area is 128 Å². The van der Waals surface area contributed by atoms with Crippen LogP contribution in [-0.2, 0) is 0 Å². The molecule has 2 aliphatic heterocycles. The molecule has 2 aromatic rings. The first-order valence-corrected chi connectivity index (χ1v) is 8.31. The zero-order valence-electron chi connectivity index (χ0n) is 12.3. The van der Waals surface area contributed by atoms with E-state index in [4.69, 9.17) is 4.42 Å². The lowest BCUT2D eigenvalue weighted by Crippen LogP contribution is -2.19. The van der Waals surface area contributed by atoms with Gasteiger partial charge in [0, 0.05) is 16.8 Å². The largest absolute Gasteiger partial charge is 0.461 e. The summed E-state index contributed by atoms with van der Waals surface area (Å²) in [4.78, 5) is 8.45. The lowest BCUT2D eigenvalue weighted by atomic mass is 10.1. The number of fused-ring (bicyclic) bond motifs is 2. The fourth-order valence-electron chi connectivity index (χ4n) is 3.07. The second kappa shape index (κ2) is 4.95. The van der Waals surface area contributed by atoms with Gasteiger partial charge in [-0.15, -0.1) is 0 Å². The van der Waals surface area contributed by atoms with Gasteiger partial charge in [0.25, 0.3) is 0 Å². The Morgan fingerprint density at radius 1 is 1.33 bits per heavy atom. The number of aliphatic imine (C=N–C) groups is 1. The summed E-state index contributed by atoms with van der Waals surface area (Å²) in [5.74, 6) is 0.967. The van der Waals surface area contributed by atoms with Crippen molar-refractivity contribution >= 4 is 33.6 Å². The molecule has 0 unspecified atom stereocenters. The van der Waals surface area contributed by atoms with Crippen LogP contribution in [0.2, 0.25) is 0 Å². The van der Waals surface area contributed by atoms with Crippen molar-refractivity contribution in [2.24, 2.45) is 4.99 Å². The van der Waals surface area contributed by atoms with Crippen LogP contribution in [0.1, 0.15) is 31.1 Å². The summed E-state index contributed by atoms with van der Waals surface area (Å²) < 4.78 is 5.69. The van der Waals surface area contributed by atoms with Crippen molar-refractivity contribution in [1.29, 1.82) is 0 Å². The molecule has 3 nitrogen and oxygen atoms in total. The van der Waals surface area contributed by atoms with Gasteiger partial charge in [-0.05, 0) is 43.2 Å².